The molecule has 1 saturated heterocycles. The minimum Gasteiger partial charge on any atom is -0.349 e. The molecule has 0 aliphatic carbocycles. The van der Waals surface area contributed by atoms with Crippen LogP contribution in [0.25, 0.3) is 0 Å². The molecule has 1 heterocycles. The van der Waals surface area contributed by atoms with Gasteiger partial charge in [0.15, 0.2) is 0 Å². The summed E-state index contributed by atoms with van der Waals surface area (Å²) in [6.45, 7) is 4.48. The Balaban J connectivity index is 1.63. The Morgan fingerprint density at radius 3 is 2.33 bits per heavy atom. The predicted molar refractivity (Wildman–Crippen MR) is 107 cm³/mol. The van der Waals surface area contributed by atoms with Gasteiger partial charge in [0.05, 0.1) is 4.90 Å². The molecule has 7 heteroatoms. The van der Waals surface area contributed by atoms with Gasteiger partial charge in [-0.1, -0.05) is 23.7 Å². The average Bonchev–Trinajstić information content (AvgIpc) is 2.64. The van der Waals surface area contributed by atoms with Gasteiger partial charge in [-0.25, -0.2) is 8.42 Å². The van der Waals surface area contributed by atoms with Gasteiger partial charge in [0.1, 0.15) is 0 Å². The van der Waals surface area contributed by atoms with E-state index in [4.69, 9.17) is 11.6 Å². The highest BCUT2D eigenvalue weighted by Gasteiger charge is 2.31. The monoisotopic (exact) mass is 406 g/mol. The van der Waals surface area contributed by atoms with Gasteiger partial charge in [0.2, 0.25) is 10.0 Å². The van der Waals surface area contributed by atoms with Crippen LogP contribution in [0.3, 0.4) is 0 Å². The summed E-state index contributed by atoms with van der Waals surface area (Å²) in [5, 5.41) is 3.56. The molecular formula is C20H23ClN2O3S. The lowest BCUT2D eigenvalue weighted by molar-refractivity contribution is 0.0924. The maximum Gasteiger partial charge on any atom is 0.251 e. The van der Waals surface area contributed by atoms with Crippen LogP contribution in [0, 0.1) is 13.8 Å². The van der Waals surface area contributed by atoms with Crippen LogP contribution in [0.15, 0.2) is 47.4 Å². The molecule has 0 aromatic heterocycles. The molecule has 1 aliphatic rings. The molecule has 27 heavy (non-hydrogen) atoms. The van der Waals surface area contributed by atoms with Crippen molar-refractivity contribution < 1.29 is 13.2 Å². The summed E-state index contributed by atoms with van der Waals surface area (Å²) in [7, 11) is -3.52. The maximum atomic E-state index is 13.0. The second-order valence-corrected chi connectivity index (χ2v) is 9.27. The first kappa shape index (κ1) is 19.9. The second kappa shape index (κ2) is 8.00. The maximum absolute atomic E-state index is 13.0. The first-order valence-electron chi connectivity index (χ1n) is 8.91. The molecule has 0 saturated carbocycles. The number of amides is 1. The Labute approximate surface area is 165 Å². The van der Waals surface area contributed by atoms with E-state index in [9.17, 15) is 13.2 Å². The smallest absolute Gasteiger partial charge is 0.251 e. The van der Waals surface area contributed by atoms with E-state index in [0.29, 0.717) is 41.4 Å². The lowest BCUT2D eigenvalue weighted by Crippen LogP contribution is -2.46. The molecule has 3 rings (SSSR count). The molecular weight excluding hydrogens is 384 g/mol. The Morgan fingerprint density at radius 2 is 1.70 bits per heavy atom. The van der Waals surface area contributed by atoms with Gasteiger partial charge in [0.25, 0.3) is 5.91 Å². The van der Waals surface area contributed by atoms with Crippen LogP contribution < -0.4 is 5.32 Å². The molecule has 1 fully saturated rings. The molecule has 0 unspecified atom stereocenters. The Kier molecular flexibility index (Phi) is 5.89. The van der Waals surface area contributed by atoms with E-state index in [0.717, 1.165) is 11.1 Å². The van der Waals surface area contributed by atoms with E-state index in [1.165, 1.54) is 4.31 Å². The summed E-state index contributed by atoms with van der Waals surface area (Å²) < 4.78 is 27.5. The van der Waals surface area contributed by atoms with E-state index in [1.807, 2.05) is 26.0 Å². The molecule has 2 aromatic carbocycles. The molecule has 0 radical (unpaired) electrons. The van der Waals surface area contributed by atoms with Crippen molar-refractivity contribution in [2.24, 2.45) is 0 Å². The van der Waals surface area contributed by atoms with Crippen LogP contribution in [0.1, 0.15) is 34.3 Å². The summed E-state index contributed by atoms with van der Waals surface area (Å²) in [4.78, 5) is 12.7. The number of carbonyl (C=O) groups excluding carboxylic acids is 1. The van der Waals surface area contributed by atoms with Crippen molar-refractivity contribution in [3.05, 3.63) is 64.2 Å². The second-order valence-electron chi connectivity index (χ2n) is 6.93. The van der Waals surface area contributed by atoms with Crippen LogP contribution in [0.2, 0.25) is 5.02 Å². The van der Waals surface area contributed by atoms with E-state index < -0.39 is 10.0 Å². The lowest BCUT2D eigenvalue weighted by atomic mass is 10.1. The van der Waals surface area contributed by atoms with E-state index >= 15 is 0 Å². The fourth-order valence-corrected chi connectivity index (χ4v) is 5.14. The summed E-state index contributed by atoms with van der Waals surface area (Å²) >= 11 is 5.84. The zero-order valence-corrected chi connectivity index (χ0v) is 17.0. The van der Waals surface area contributed by atoms with Crippen molar-refractivity contribution in [3.8, 4) is 0 Å². The van der Waals surface area contributed by atoms with Crippen molar-refractivity contribution in [1.29, 1.82) is 0 Å². The molecule has 2 aromatic rings. The van der Waals surface area contributed by atoms with Crippen molar-refractivity contribution >= 4 is 27.5 Å². The normalized spacial score (nSPS) is 16.3. The van der Waals surface area contributed by atoms with Crippen LogP contribution in [0.5, 0.6) is 0 Å². The number of benzene rings is 2. The van der Waals surface area contributed by atoms with Gasteiger partial charge in [-0.3, -0.25) is 4.79 Å². The largest absolute Gasteiger partial charge is 0.349 e. The Hall–Kier alpha value is -1.89. The molecule has 0 bridgehead atoms. The quantitative estimate of drug-likeness (QED) is 0.844. The third kappa shape index (κ3) is 4.51. The topological polar surface area (TPSA) is 66.5 Å². The third-order valence-electron chi connectivity index (χ3n) is 4.86. The Bertz CT molecular complexity index is 934. The first-order valence-corrected chi connectivity index (χ1v) is 10.7. The summed E-state index contributed by atoms with van der Waals surface area (Å²) in [6, 6.07) is 12.1. The summed E-state index contributed by atoms with van der Waals surface area (Å²) in [5.41, 5.74) is 2.22. The number of aryl methyl sites for hydroxylation is 2. The molecule has 1 amide bonds. The zero-order valence-electron chi connectivity index (χ0n) is 15.4. The highest BCUT2D eigenvalue weighted by Crippen LogP contribution is 2.24. The number of piperidine rings is 1. The standard InChI is InChI=1S/C20H23ClN2O3S/c1-14-3-4-15(2)19(13-14)27(25,26)23-11-9-18(10-12-23)22-20(24)16-5-7-17(21)8-6-16/h3-8,13,18H,9-12H2,1-2H3,(H,22,24). The fourth-order valence-electron chi connectivity index (χ4n) is 3.23. The number of hydrogen-bond acceptors (Lipinski definition) is 3. The van der Waals surface area contributed by atoms with Crippen LogP contribution >= 0.6 is 11.6 Å². The lowest BCUT2D eigenvalue weighted by Gasteiger charge is -2.32. The van der Waals surface area contributed by atoms with Gasteiger partial charge >= 0.3 is 0 Å². The van der Waals surface area contributed by atoms with Crippen molar-refractivity contribution in [2.45, 2.75) is 37.6 Å². The SMILES string of the molecule is Cc1ccc(C)c(S(=O)(=O)N2CCC(NC(=O)c3ccc(Cl)cc3)CC2)c1. The number of sulfonamides is 1. The molecule has 1 N–H and O–H groups in total. The summed E-state index contributed by atoms with van der Waals surface area (Å²) in [6.07, 6.45) is 1.17. The average molecular weight is 407 g/mol. The third-order valence-corrected chi connectivity index (χ3v) is 7.15. The number of hydrogen-bond donors (Lipinski definition) is 1. The van der Waals surface area contributed by atoms with Crippen molar-refractivity contribution in [2.75, 3.05) is 13.1 Å². The minimum atomic E-state index is -3.52. The molecule has 1 aliphatic heterocycles. The van der Waals surface area contributed by atoms with Crippen LogP contribution in [0.4, 0.5) is 0 Å². The van der Waals surface area contributed by atoms with Gasteiger partial charge in [-0.05, 0) is 68.1 Å². The molecule has 0 atom stereocenters. The molecule has 5 nitrogen and oxygen atoms in total. The van der Waals surface area contributed by atoms with Gasteiger partial charge in [-0.2, -0.15) is 4.31 Å². The van der Waals surface area contributed by atoms with Crippen LogP contribution in [-0.2, 0) is 10.0 Å². The molecule has 0 spiro atoms. The highest BCUT2D eigenvalue weighted by atomic mass is 35.5. The number of halogens is 1. The van der Waals surface area contributed by atoms with E-state index in [1.54, 1.807) is 30.3 Å². The Morgan fingerprint density at radius 1 is 1.07 bits per heavy atom. The van der Waals surface area contributed by atoms with Crippen LogP contribution in [-0.4, -0.2) is 37.8 Å². The molecule has 144 valence electrons. The van der Waals surface area contributed by atoms with Gasteiger partial charge in [-0.15, -0.1) is 0 Å². The minimum absolute atomic E-state index is 0.0433. The fraction of sp³-hybridized carbons (Fsp3) is 0.350. The van der Waals surface area contributed by atoms with E-state index in [-0.39, 0.29) is 11.9 Å². The van der Waals surface area contributed by atoms with Gasteiger partial charge in [0, 0.05) is 29.7 Å². The van der Waals surface area contributed by atoms with Crippen molar-refractivity contribution in [1.82, 2.24) is 9.62 Å². The zero-order chi connectivity index (χ0) is 19.6. The number of nitrogens with zero attached hydrogens (tertiary/aromatic N) is 1. The number of nitrogens with one attached hydrogen (secondary N) is 1. The summed E-state index contributed by atoms with van der Waals surface area (Å²) in [5.74, 6) is -0.164. The van der Waals surface area contributed by atoms with E-state index in [2.05, 4.69) is 5.32 Å². The number of carbonyl (C=O) groups is 1. The van der Waals surface area contributed by atoms with Crippen molar-refractivity contribution in [3.63, 3.8) is 0 Å². The predicted octanol–water partition coefficient (Wildman–Crippen LogP) is 3.54. The van der Waals surface area contributed by atoms with Gasteiger partial charge < -0.3 is 5.32 Å². The first-order chi connectivity index (χ1) is 12.8. The number of rotatable bonds is 4. The highest BCUT2D eigenvalue weighted by molar-refractivity contribution is 7.89.